The summed E-state index contributed by atoms with van der Waals surface area (Å²) in [6.07, 6.45) is 14.6. The van der Waals surface area contributed by atoms with Crippen LogP contribution < -0.4 is 0 Å². The summed E-state index contributed by atoms with van der Waals surface area (Å²) in [6.45, 7) is 11.5. The van der Waals surface area contributed by atoms with Crippen LogP contribution in [0.5, 0.6) is 0 Å². The van der Waals surface area contributed by atoms with Crippen LogP contribution >= 0.6 is 0 Å². The van der Waals surface area contributed by atoms with E-state index in [4.69, 9.17) is 0 Å². The number of fused-ring (bicyclic) bond motifs is 5. The topological polar surface area (TPSA) is 37.3 Å². The second-order valence-electron chi connectivity index (χ2n) is 11.8. The first-order chi connectivity index (χ1) is 13.6. The minimum Gasteiger partial charge on any atom is -0.393 e. The molecule has 29 heavy (non-hydrogen) atoms. The van der Waals surface area contributed by atoms with E-state index in [1.54, 1.807) is 5.57 Å². The molecule has 0 amide bonds. The fourth-order valence-corrected chi connectivity index (χ4v) is 8.46. The molecule has 4 rings (SSSR count). The zero-order valence-corrected chi connectivity index (χ0v) is 19.3. The first-order valence-electron chi connectivity index (χ1n) is 12.2. The Labute approximate surface area is 178 Å². The molecule has 0 radical (unpaired) electrons. The minimum absolute atomic E-state index is 0.116. The standard InChI is InChI=1S/C27H42O2/c1-17(2)14-21(29)15-18(3)23-8-9-24-22-7-6-19-16-20(28)10-12-26(19,4)25(22)11-13-27(23,24)5/h6,14,18,20,22-25,28H,7-13,15-16H2,1-5H3/t18-,20?,22+,23-,24+,25+,26+,27-/m1/s1. The van der Waals surface area contributed by atoms with E-state index in [0.29, 0.717) is 34.9 Å². The number of allylic oxidation sites excluding steroid dienone is 3. The Bertz CT molecular complexity index is 714. The second kappa shape index (κ2) is 7.66. The predicted molar refractivity (Wildman–Crippen MR) is 119 cm³/mol. The number of rotatable bonds is 4. The van der Waals surface area contributed by atoms with Crippen LogP contribution in [-0.2, 0) is 4.79 Å². The van der Waals surface area contributed by atoms with Crippen molar-refractivity contribution in [3.8, 4) is 0 Å². The molecule has 0 heterocycles. The molecule has 1 unspecified atom stereocenters. The molecule has 2 heteroatoms. The molecule has 0 aromatic carbocycles. The summed E-state index contributed by atoms with van der Waals surface area (Å²) in [5, 5.41) is 10.2. The van der Waals surface area contributed by atoms with Gasteiger partial charge in [-0.05, 0) is 112 Å². The van der Waals surface area contributed by atoms with E-state index in [2.05, 4.69) is 26.8 Å². The fraction of sp³-hybridized carbons (Fsp3) is 0.815. The summed E-state index contributed by atoms with van der Waals surface area (Å²) in [5.41, 5.74) is 3.42. The molecule has 0 aliphatic heterocycles. The number of hydrogen-bond donors (Lipinski definition) is 1. The maximum absolute atomic E-state index is 12.4. The Morgan fingerprint density at radius 3 is 2.66 bits per heavy atom. The SMILES string of the molecule is CC(C)=CC(=O)C[C@@H](C)[C@H]1CC[C@H]2[C@@H]3CC=C4CC(O)CC[C@]4(C)[C@H]3CC[C@]12C. The second-order valence-corrected chi connectivity index (χ2v) is 11.8. The van der Waals surface area contributed by atoms with E-state index in [1.165, 1.54) is 38.5 Å². The smallest absolute Gasteiger partial charge is 0.155 e. The van der Waals surface area contributed by atoms with Crippen molar-refractivity contribution in [1.82, 2.24) is 0 Å². The average molecular weight is 399 g/mol. The highest BCUT2D eigenvalue weighted by molar-refractivity contribution is 5.90. The first kappa shape index (κ1) is 21.3. The van der Waals surface area contributed by atoms with Crippen molar-refractivity contribution in [3.05, 3.63) is 23.3 Å². The molecule has 1 N–H and O–H groups in total. The molecular formula is C27H42O2. The summed E-state index contributed by atoms with van der Waals surface area (Å²) in [6, 6.07) is 0. The summed E-state index contributed by atoms with van der Waals surface area (Å²) < 4.78 is 0. The van der Waals surface area contributed by atoms with Gasteiger partial charge in [0.2, 0.25) is 0 Å². The summed E-state index contributed by atoms with van der Waals surface area (Å²) in [4.78, 5) is 12.4. The van der Waals surface area contributed by atoms with E-state index < -0.39 is 0 Å². The monoisotopic (exact) mass is 398 g/mol. The van der Waals surface area contributed by atoms with Crippen LogP contribution in [0.25, 0.3) is 0 Å². The van der Waals surface area contributed by atoms with Gasteiger partial charge < -0.3 is 5.11 Å². The molecule has 8 atom stereocenters. The highest BCUT2D eigenvalue weighted by atomic mass is 16.3. The highest BCUT2D eigenvalue weighted by Crippen LogP contribution is 2.67. The molecule has 0 saturated heterocycles. The minimum atomic E-state index is -0.116. The lowest BCUT2D eigenvalue weighted by atomic mass is 9.47. The van der Waals surface area contributed by atoms with Gasteiger partial charge >= 0.3 is 0 Å². The summed E-state index contributed by atoms with van der Waals surface area (Å²) in [7, 11) is 0. The van der Waals surface area contributed by atoms with Crippen molar-refractivity contribution in [1.29, 1.82) is 0 Å². The molecule has 4 aliphatic carbocycles. The maximum Gasteiger partial charge on any atom is 0.155 e. The van der Waals surface area contributed by atoms with Crippen LogP contribution in [0.3, 0.4) is 0 Å². The number of ketones is 1. The molecule has 0 aromatic heterocycles. The van der Waals surface area contributed by atoms with Crippen LogP contribution in [0.2, 0.25) is 0 Å². The van der Waals surface area contributed by atoms with Crippen LogP contribution in [0.4, 0.5) is 0 Å². The number of aliphatic hydroxyl groups excluding tert-OH is 1. The van der Waals surface area contributed by atoms with Crippen molar-refractivity contribution >= 4 is 5.78 Å². The summed E-state index contributed by atoms with van der Waals surface area (Å²) in [5.74, 6) is 3.91. The molecule has 2 nitrogen and oxygen atoms in total. The molecule has 162 valence electrons. The Morgan fingerprint density at radius 1 is 1.17 bits per heavy atom. The predicted octanol–water partition coefficient (Wildman–Crippen LogP) is 6.49. The van der Waals surface area contributed by atoms with Crippen molar-refractivity contribution in [2.75, 3.05) is 0 Å². The Kier molecular flexibility index (Phi) is 5.64. The van der Waals surface area contributed by atoms with Crippen LogP contribution in [0.1, 0.15) is 92.4 Å². The quantitative estimate of drug-likeness (QED) is 0.434. The third kappa shape index (κ3) is 3.58. The number of carbonyl (C=O) groups is 1. The first-order valence-corrected chi connectivity index (χ1v) is 12.2. The molecule has 0 bridgehead atoms. The number of carbonyl (C=O) groups excluding carboxylic acids is 1. The molecule has 3 saturated carbocycles. The van der Waals surface area contributed by atoms with Crippen molar-refractivity contribution in [2.24, 2.45) is 40.4 Å². The lowest BCUT2D eigenvalue weighted by molar-refractivity contribution is -0.116. The van der Waals surface area contributed by atoms with Gasteiger partial charge in [0.15, 0.2) is 5.78 Å². The van der Waals surface area contributed by atoms with Crippen LogP contribution in [0.15, 0.2) is 23.3 Å². The Morgan fingerprint density at radius 2 is 1.93 bits per heavy atom. The van der Waals surface area contributed by atoms with E-state index in [-0.39, 0.29) is 6.10 Å². The van der Waals surface area contributed by atoms with E-state index in [0.717, 1.165) is 36.2 Å². The van der Waals surface area contributed by atoms with Crippen molar-refractivity contribution in [3.63, 3.8) is 0 Å². The van der Waals surface area contributed by atoms with E-state index in [1.807, 2.05) is 19.9 Å². The lowest BCUT2D eigenvalue weighted by Gasteiger charge is -2.58. The Hall–Kier alpha value is -0.890. The molecule has 0 aromatic rings. The van der Waals surface area contributed by atoms with Gasteiger partial charge in [-0.15, -0.1) is 0 Å². The van der Waals surface area contributed by atoms with Gasteiger partial charge in [0, 0.05) is 6.42 Å². The van der Waals surface area contributed by atoms with Gasteiger partial charge in [-0.25, -0.2) is 0 Å². The average Bonchev–Trinajstić information content (AvgIpc) is 2.99. The van der Waals surface area contributed by atoms with E-state index in [9.17, 15) is 9.90 Å². The van der Waals surface area contributed by atoms with E-state index >= 15 is 0 Å². The highest BCUT2D eigenvalue weighted by Gasteiger charge is 2.59. The van der Waals surface area contributed by atoms with Gasteiger partial charge in [0.1, 0.15) is 0 Å². The normalized spacial score (nSPS) is 44.8. The molecular weight excluding hydrogens is 356 g/mol. The van der Waals surface area contributed by atoms with Crippen molar-refractivity contribution < 1.29 is 9.90 Å². The van der Waals surface area contributed by atoms with Gasteiger partial charge in [0.05, 0.1) is 6.10 Å². The van der Waals surface area contributed by atoms with Crippen LogP contribution in [-0.4, -0.2) is 17.0 Å². The van der Waals surface area contributed by atoms with Crippen LogP contribution in [0, 0.1) is 40.4 Å². The zero-order valence-electron chi connectivity index (χ0n) is 19.3. The molecule has 4 aliphatic rings. The third-order valence-corrected chi connectivity index (χ3v) is 9.81. The Balaban J connectivity index is 1.53. The molecule has 0 spiro atoms. The lowest BCUT2D eigenvalue weighted by Crippen LogP contribution is -2.50. The fourth-order valence-electron chi connectivity index (χ4n) is 8.46. The van der Waals surface area contributed by atoms with Crippen molar-refractivity contribution in [2.45, 2.75) is 98.5 Å². The van der Waals surface area contributed by atoms with Gasteiger partial charge in [-0.1, -0.05) is 38.0 Å². The number of hydrogen-bond acceptors (Lipinski definition) is 2. The third-order valence-electron chi connectivity index (χ3n) is 9.81. The largest absolute Gasteiger partial charge is 0.393 e. The van der Waals surface area contributed by atoms with Gasteiger partial charge in [-0.3, -0.25) is 4.79 Å². The van der Waals surface area contributed by atoms with Gasteiger partial charge in [0.25, 0.3) is 0 Å². The number of aliphatic hydroxyl groups is 1. The summed E-state index contributed by atoms with van der Waals surface area (Å²) >= 11 is 0. The molecule has 3 fully saturated rings. The zero-order chi connectivity index (χ0) is 21.0. The maximum atomic E-state index is 12.4. The van der Waals surface area contributed by atoms with Gasteiger partial charge in [-0.2, -0.15) is 0 Å².